The number of pyridine rings is 2. The Kier molecular flexibility index (Phi) is 4.28. The van der Waals surface area contributed by atoms with Crippen LogP contribution in [0.3, 0.4) is 0 Å². The van der Waals surface area contributed by atoms with E-state index < -0.39 is 0 Å². The largest absolute Gasteiger partial charge is 0.321 e. The van der Waals surface area contributed by atoms with Gasteiger partial charge in [-0.05, 0) is 48.4 Å². The summed E-state index contributed by atoms with van der Waals surface area (Å²) in [6.45, 7) is 4.68. The molecule has 23 heavy (non-hydrogen) atoms. The second-order valence-electron chi connectivity index (χ2n) is 6.46. The highest BCUT2D eigenvalue weighted by atomic mass is 16.2. The maximum atomic E-state index is 12.5. The second-order valence-corrected chi connectivity index (χ2v) is 6.46. The molecule has 0 aliphatic heterocycles. The molecule has 5 heteroatoms. The summed E-state index contributed by atoms with van der Waals surface area (Å²) in [6, 6.07) is 5.11. The zero-order valence-corrected chi connectivity index (χ0v) is 13.5. The van der Waals surface area contributed by atoms with Crippen LogP contribution in [-0.4, -0.2) is 15.5 Å². The number of carbonyl (C=O) groups excluding carboxylic acids is 1. The molecule has 0 unspecified atom stereocenters. The molecule has 0 bridgehead atoms. The first-order chi connectivity index (χ1) is 11.1. The van der Waals surface area contributed by atoms with Crippen molar-refractivity contribution >= 4 is 11.6 Å². The Balaban J connectivity index is 1.86. The molecule has 5 nitrogen and oxygen atoms in total. The van der Waals surface area contributed by atoms with Gasteiger partial charge in [0, 0.05) is 30.8 Å². The minimum atomic E-state index is -0.360. The summed E-state index contributed by atoms with van der Waals surface area (Å²) in [5.41, 5.74) is 1.73. The van der Waals surface area contributed by atoms with Crippen molar-refractivity contribution in [3.05, 3.63) is 58.3 Å². The lowest BCUT2D eigenvalue weighted by Gasteiger charge is -2.12. The van der Waals surface area contributed by atoms with E-state index >= 15 is 0 Å². The summed E-state index contributed by atoms with van der Waals surface area (Å²) in [5, 5.41) is 2.88. The van der Waals surface area contributed by atoms with Crippen LogP contribution in [0.4, 0.5) is 5.69 Å². The molecule has 1 fully saturated rings. The van der Waals surface area contributed by atoms with Gasteiger partial charge in [0.05, 0.1) is 0 Å². The van der Waals surface area contributed by atoms with E-state index in [1.54, 1.807) is 41.4 Å². The molecule has 0 aromatic carbocycles. The zero-order valence-electron chi connectivity index (χ0n) is 13.5. The second kappa shape index (κ2) is 6.36. The van der Waals surface area contributed by atoms with Gasteiger partial charge in [-0.1, -0.05) is 13.8 Å². The first-order valence-electron chi connectivity index (χ1n) is 8.01. The number of hydrogen-bond acceptors (Lipinski definition) is 3. The van der Waals surface area contributed by atoms with Gasteiger partial charge >= 0.3 is 0 Å². The highest BCUT2D eigenvalue weighted by Gasteiger charge is 2.27. The van der Waals surface area contributed by atoms with Crippen LogP contribution in [0.1, 0.15) is 48.5 Å². The van der Waals surface area contributed by atoms with Crippen LogP contribution in [0.15, 0.2) is 41.6 Å². The zero-order chi connectivity index (χ0) is 16.4. The Labute approximate surface area is 135 Å². The number of rotatable bonds is 5. The summed E-state index contributed by atoms with van der Waals surface area (Å²) < 4.78 is 1.59. The van der Waals surface area contributed by atoms with E-state index in [2.05, 4.69) is 10.3 Å². The Morgan fingerprint density at radius 2 is 2.17 bits per heavy atom. The molecular weight excluding hydrogens is 290 g/mol. The van der Waals surface area contributed by atoms with Gasteiger partial charge in [-0.2, -0.15) is 0 Å². The van der Waals surface area contributed by atoms with Crippen LogP contribution in [-0.2, 0) is 6.54 Å². The van der Waals surface area contributed by atoms with Crippen LogP contribution < -0.4 is 10.9 Å². The molecule has 1 amide bonds. The third-order valence-corrected chi connectivity index (χ3v) is 3.94. The van der Waals surface area contributed by atoms with Gasteiger partial charge < -0.3 is 9.88 Å². The minimum absolute atomic E-state index is 0.173. The lowest BCUT2D eigenvalue weighted by atomic mass is 10.1. The lowest BCUT2D eigenvalue weighted by Crippen LogP contribution is -2.30. The molecule has 1 saturated carbocycles. The predicted molar refractivity (Wildman–Crippen MR) is 89.7 cm³/mol. The average Bonchev–Trinajstić information content (AvgIpc) is 3.34. The molecular formula is C18H21N3O2. The average molecular weight is 311 g/mol. The van der Waals surface area contributed by atoms with Crippen molar-refractivity contribution in [2.45, 2.75) is 39.2 Å². The smallest absolute Gasteiger partial charge is 0.263 e. The van der Waals surface area contributed by atoms with Crippen LogP contribution in [0.5, 0.6) is 0 Å². The first kappa shape index (κ1) is 15.5. The third kappa shape index (κ3) is 3.50. The number of amides is 1. The van der Waals surface area contributed by atoms with Gasteiger partial charge in [0.15, 0.2) is 0 Å². The van der Waals surface area contributed by atoms with E-state index in [-0.39, 0.29) is 17.0 Å². The number of aromatic nitrogens is 2. The molecule has 120 valence electrons. The highest BCUT2D eigenvalue weighted by Crippen LogP contribution is 2.42. The van der Waals surface area contributed by atoms with E-state index in [9.17, 15) is 9.59 Å². The Bertz CT molecular complexity index is 776. The fraction of sp³-hybridized carbons (Fsp3) is 0.389. The number of hydrogen-bond donors (Lipinski definition) is 1. The van der Waals surface area contributed by atoms with Gasteiger partial charge in [-0.25, -0.2) is 0 Å². The van der Waals surface area contributed by atoms with Gasteiger partial charge in [0.25, 0.3) is 11.5 Å². The first-order valence-corrected chi connectivity index (χ1v) is 8.01. The summed E-state index contributed by atoms with van der Waals surface area (Å²) in [7, 11) is 0. The minimum Gasteiger partial charge on any atom is -0.321 e. The SMILES string of the molecule is CC(C)Cn1cccc(C(=O)Nc2ccncc2C2CC2)c1=O. The quantitative estimate of drug-likeness (QED) is 0.923. The Morgan fingerprint density at radius 3 is 2.87 bits per heavy atom. The fourth-order valence-corrected chi connectivity index (χ4v) is 2.68. The summed E-state index contributed by atoms with van der Waals surface area (Å²) in [5.74, 6) is 0.459. The van der Waals surface area contributed by atoms with Gasteiger partial charge in [-0.3, -0.25) is 14.6 Å². The van der Waals surface area contributed by atoms with Gasteiger partial charge in [0.1, 0.15) is 5.56 Å². The standard InChI is InChI=1S/C18H21N3O2/c1-12(2)11-21-9-3-4-14(18(21)23)17(22)20-16-7-8-19-10-15(16)13-5-6-13/h3-4,7-10,12-13H,5-6,11H2,1-2H3,(H,19,20,22). The van der Waals surface area contributed by atoms with Crippen molar-refractivity contribution in [1.29, 1.82) is 0 Å². The van der Waals surface area contributed by atoms with Crippen molar-refractivity contribution in [3.63, 3.8) is 0 Å². The number of anilines is 1. The summed E-state index contributed by atoms with van der Waals surface area (Å²) in [6.07, 6.45) is 7.43. The maximum absolute atomic E-state index is 12.5. The molecule has 3 rings (SSSR count). The molecule has 1 N–H and O–H groups in total. The Morgan fingerprint density at radius 1 is 1.39 bits per heavy atom. The molecule has 0 atom stereocenters. The van der Waals surface area contributed by atoms with Crippen LogP contribution in [0.25, 0.3) is 0 Å². The normalized spacial score (nSPS) is 14.0. The number of nitrogens with one attached hydrogen (secondary N) is 1. The van der Waals surface area contributed by atoms with Crippen molar-refractivity contribution in [1.82, 2.24) is 9.55 Å². The fourth-order valence-electron chi connectivity index (χ4n) is 2.68. The highest BCUT2D eigenvalue weighted by molar-refractivity contribution is 6.04. The van der Waals surface area contributed by atoms with E-state index in [1.165, 1.54) is 0 Å². The molecule has 1 aliphatic carbocycles. The van der Waals surface area contributed by atoms with Gasteiger partial charge in [0.2, 0.25) is 0 Å². The van der Waals surface area contributed by atoms with Gasteiger partial charge in [-0.15, -0.1) is 0 Å². The van der Waals surface area contributed by atoms with E-state index in [4.69, 9.17) is 0 Å². The molecule has 0 spiro atoms. The maximum Gasteiger partial charge on any atom is 0.263 e. The summed E-state index contributed by atoms with van der Waals surface area (Å²) >= 11 is 0. The summed E-state index contributed by atoms with van der Waals surface area (Å²) in [4.78, 5) is 29.1. The van der Waals surface area contributed by atoms with Crippen molar-refractivity contribution < 1.29 is 4.79 Å². The predicted octanol–water partition coefficient (Wildman–Crippen LogP) is 3.03. The lowest BCUT2D eigenvalue weighted by molar-refractivity contribution is 0.102. The van der Waals surface area contributed by atoms with Crippen molar-refractivity contribution in [2.24, 2.45) is 5.92 Å². The van der Waals surface area contributed by atoms with E-state index in [0.717, 1.165) is 24.1 Å². The van der Waals surface area contributed by atoms with Crippen molar-refractivity contribution in [2.75, 3.05) is 5.32 Å². The van der Waals surface area contributed by atoms with Crippen LogP contribution in [0, 0.1) is 5.92 Å². The monoisotopic (exact) mass is 311 g/mol. The molecule has 0 radical (unpaired) electrons. The van der Waals surface area contributed by atoms with E-state index in [0.29, 0.717) is 18.4 Å². The molecule has 2 aromatic heterocycles. The molecule has 2 heterocycles. The third-order valence-electron chi connectivity index (χ3n) is 3.94. The molecule has 2 aromatic rings. The number of carbonyl (C=O) groups is 1. The molecule has 1 aliphatic rings. The Hall–Kier alpha value is -2.43. The van der Waals surface area contributed by atoms with E-state index in [1.807, 2.05) is 13.8 Å². The van der Waals surface area contributed by atoms with Crippen LogP contribution >= 0.6 is 0 Å². The van der Waals surface area contributed by atoms with Crippen LogP contribution in [0.2, 0.25) is 0 Å². The molecule has 0 saturated heterocycles. The van der Waals surface area contributed by atoms with Crippen molar-refractivity contribution in [3.8, 4) is 0 Å². The number of nitrogens with zero attached hydrogens (tertiary/aromatic N) is 2. The topological polar surface area (TPSA) is 64.0 Å².